The normalized spacial score (nSPS) is 12.7. The first-order valence-electron chi connectivity index (χ1n) is 8.11. The fraction of sp³-hybridized carbons (Fsp3) is 0.182. The molecule has 0 heterocycles. The maximum atomic E-state index is 2.26. The molecule has 3 aromatic rings. The minimum atomic E-state index is 1.28. The Labute approximate surface area is 133 Å². The number of fused-ring (bicyclic) bond motifs is 1. The van der Waals surface area contributed by atoms with Gasteiger partial charge in [0, 0.05) is 0 Å². The summed E-state index contributed by atoms with van der Waals surface area (Å²) in [6, 6.07) is 29.6. The van der Waals surface area contributed by atoms with E-state index in [0.717, 1.165) is 0 Å². The first-order chi connectivity index (χ1) is 10.9. The molecular weight excluding hydrogens is 264 g/mol. The Hall–Kier alpha value is -2.34. The van der Waals surface area contributed by atoms with E-state index in [1.807, 2.05) is 12.1 Å². The molecule has 0 unspecified atom stereocenters. The second kappa shape index (κ2) is 7.61. The topological polar surface area (TPSA) is 0 Å². The van der Waals surface area contributed by atoms with E-state index in [1.54, 1.807) is 11.1 Å². The molecule has 0 saturated carbocycles. The van der Waals surface area contributed by atoms with E-state index in [-0.39, 0.29) is 0 Å². The largest absolute Gasteiger partial charge is 0.0622 e. The molecule has 110 valence electrons. The molecule has 1 aliphatic rings. The van der Waals surface area contributed by atoms with Gasteiger partial charge in [-0.15, -0.1) is 0 Å². The molecule has 0 atom stereocenters. The standard InChI is InChI=1S/C12H10.C10H12/c1-3-7-11(8-4-1)12-9-5-2-6-10-12;1-2-6-10-8-4-3-7-9(10)5-1/h1-10H;1-2,5-6H,3-4,7-8H2. The van der Waals surface area contributed by atoms with Crippen LogP contribution in [0.15, 0.2) is 84.9 Å². The Morgan fingerprint density at radius 3 is 1.18 bits per heavy atom. The molecular formula is C22H22. The number of hydrogen-bond donors (Lipinski definition) is 0. The predicted octanol–water partition coefficient (Wildman–Crippen LogP) is 5.92. The highest BCUT2D eigenvalue weighted by Gasteiger charge is 2.05. The molecule has 0 fully saturated rings. The molecule has 22 heavy (non-hydrogen) atoms. The maximum absolute atomic E-state index is 2.26. The monoisotopic (exact) mass is 286 g/mol. The molecule has 4 rings (SSSR count). The summed E-state index contributed by atoms with van der Waals surface area (Å²) in [6.07, 6.45) is 5.38. The number of benzene rings is 3. The summed E-state index contributed by atoms with van der Waals surface area (Å²) in [7, 11) is 0. The Balaban J connectivity index is 0.000000133. The van der Waals surface area contributed by atoms with Crippen LogP contribution >= 0.6 is 0 Å². The van der Waals surface area contributed by atoms with E-state index < -0.39 is 0 Å². The fourth-order valence-corrected chi connectivity index (χ4v) is 2.94. The minimum absolute atomic E-state index is 1.28. The van der Waals surface area contributed by atoms with Gasteiger partial charge in [0.1, 0.15) is 0 Å². The van der Waals surface area contributed by atoms with Crippen molar-refractivity contribution in [3.63, 3.8) is 0 Å². The van der Waals surface area contributed by atoms with Crippen molar-refractivity contribution in [3.8, 4) is 11.1 Å². The van der Waals surface area contributed by atoms with Crippen molar-refractivity contribution < 1.29 is 0 Å². The third-order valence-corrected chi connectivity index (χ3v) is 4.14. The Morgan fingerprint density at radius 2 is 0.773 bits per heavy atom. The van der Waals surface area contributed by atoms with E-state index in [4.69, 9.17) is 0 Å². The van der Waals surface area contributed by atoms with Crippen molar-refractivity contribution in [3.05, 3.63) is 96.1 Å². The zero-order chi connectivity index (χ0) is 15.0. The van der Waals surface area contributed by atoms with Gasteiger partial charge in [-0.1, -0.05) is 84.9 Å². The zero-order valence-corrected chi connectivity index (χ0v) is 12.9. The van der Waals surface area contributed by atoms with Gasteiger partial charge in [-0.25, -0.2) is 0 Å². The molecule has 0 aromatic heterocycles. The lowest BCUT2D eigenvalue weighted by atomic mass is 9.92. The molecule has 0 aliphatic heterocycles. The second-order valence-corrected chi connectivity index (χ2v) is 5.71. The third kappa shape index (κ3) is 3.85. The summed E-state index contributed by atoms with van der Waals surface area (Å²) >= 11 is 0. The smallest absolute Gasteiger partial charge is 0.0184 e. The summed E-state index contributed by atoms with van der Waals surface area (Å²) < 4.78 is 0. The Bertz CT molecular complexity index is 621. The highest BCUT2D eigenvalue weighted by atomic mass is 14.1. The molecule has 1 aliphatic carbocycles. The van der Waals surface area contributed by atoms with Gasteiger partial charge in [0.05, 0.1) is 0 Å². The van der Waals surface area contributed by atoms with Crippen molar-refractivity contribution in [1.82, 2.24) is 0 Å². The quantitative estimate of drug-likeness (QED) is 0.521. The molecule has 0 nitrogen and oxygen atoms in total. The van der Waals surface area contributed by atoms with Gasteiger partial charge >= 0.3 is 0 Å². The summed E-state index contributed by atoms with van der Waals surface area (Å²) in [5.41, 5.74) is 5.71. The third-order valence-electron chi connectivity index (χ3n) is 4.14. The van der Waals surface area contributed by atoms with Gasteiger partial charge in [0.15, 0.2) is 0 Å². The van der Waals surface area contributed by atoms with Crippen LogP contribution in [0.1, 0.15) is 24.0 Å². The fourth-order valence-electron chi connectivity index (χ4n) is 2.94. The van der Waals surface area contributed by atoms with Gasteiger partial charge in [-0.05, 0) is 47.9 Å². The SMILES string of the molecule is c1ccc(-c2ccccc2)cc1.c1ccc2c(c1)CCCC2. The van der Waals surface area contributed by atoms with Crippen molar-refractivity contribution in [2.24, 2.45) is 0 Å². The minimum Gasteiger partial charge on any atom is -0.0622 e. The Morgan fingerprint density at radius 1 is 0.409 bits per heavy atom. The molecule has 0 amide bonds. The van der Waals surface area contributed by atoms with E-state index in [2.05, 4.69) is 72.8 Å². The van der Waals surface area contributed by atoms with E-state index >= 15 is 0 Å². The molecule has 0 bridgehead atoms. The highest BCUT2D eigenvalue weighted by Crippen LogP contribution is 2.20. The average molecular weight is 286 g/mol. The summed E-state index contributed by atoms with van der Waals surface area (Å²) in [5, 5.41) is 0. The molecule has 0 saturated heterocycles. The Kier molecular flexibility index (Phi) is 5.04. The van der Waals surface area contributed by atoms with Crippen LogP contribution in [-0.4, -0.2) is 0 Å². The van der Waals surface area contributed by atoms with Gasteiger partial charge < -0.3 is 0 Å². The van der Waals surface area contributed by atoms with E-state index in [9.17, 15) is 0 Å². The van der Waals surface area contributed by atoms with Gasteiger partial charge in [-0.3, -0.25) is 0 Å². The van der Waals surface area contributed by atoms with E-state index in [0.29, 0.717) is 0 Å². The summed E-state index contributed by atoms with van der Waals surface area (Å²) in [6.45, 7) is 0. The first kappa shape index (κ1) is 14.6. The van der Waals surface area contributed by atoms with Gasteiger partial charge in [0.2, 0.25) is 0 Å². The van der Waals surface area contributed by atoms with Crippen LogP contribution in [0.3, 0.4) is 0 Å². The molecule has 0 radical (unpaired) electrons. The van der Waals surface area contributed by atoms with Crippen LogP contribution in [-0.2, 0) is 12.8 Å². The lowest BCUT2D eigenvalue weighted by molar-refractivity contribution is 0.685. The van der Waals surface area contributed by atoms with Crippen LogP contribution in [0.2, 0.25) is 0 Å². The first-order valence-corrected chi connectivity index (χ1v) is 8.11. The van der Waals surface area contributed by atoms with Crippen molar-refractivity contribution in [1.29, 1.82) is 0 Å². The van der Waals surface area contributed by atoms with Gasteiger partial charge in [-0.2, -0.15) is 0 Å². The van der Waals surface area contributed by atoms with Gasteiger partial charge in [0.25, 0.3) is 0 Å². The van der Waals surface area contributed by atoms with Crippen LogP contribution < -0.4 is 0 Å². The predicted molar refractivity (Wildman–Crippen MR) is 95.0 cm³/mol. The molecule has 0 heteroatoms. The van der Waals surface area contributed by atoms with Crippen molar-refractivity contribution >= 4 is 0 Å². The van der Waals surface area contributed by atoms with Crippen LogP contribution in [0, 0.1) is 0 Å². The maximum Gasteiger partial charge on any atom is -0.0184 e. The van der Waals surface area contributed by atoms with Crippen LogP contribution in [0.5, 0.6) is 0 Å². The second-order valence-electron chi connectivity index (χ2n) is 5.71. The van der Waals surface area contributed by atoms with Crippen molar-refractivity contribution in [2.45, 2.75) is 25.7 Å². The van der Waals surface area contributed by atoms with E-state index in [1.165, 1.54) is 36.8 Å². The number of hydrogen-bond acceptors (Lipinski definition) is 0. The van der Waals surface area contributed by atoms with Crippen LogP contribution in [0.4, 0.5) is 0 Å². The lowest BCUT2D eigenvalue weighted by Crippen LogP contribution is -2.00. The highest BCUT2D eigenvalue weighted by molar-refractivity contribution is 5.62. The van der Waals surface area contributed by atoms with Crippen molar-refractivity contribution in [2.75, 3.05) is 0 Å². The zero-order valence-electron chi connectivity index (χ0n) is 12.9. The lowest BCUT2D eigenvalue weighted by Gasteiger charge is -2.13. The average Bonchev–Trinajstić information content (AvgIpc) is 2.64. The molecule has 0 N–H and O–H groups in total. The van der Waals surface area contributed by atoms with Crippen LogP contribution in [0.25, 0.3) is 11.1 Å². The summed E-state index contributed by atoms with van der Waals surface area (Å²) in [5.74, 6) is 0. The number of aryl methyl sites for hydroxylation is 2. The summed E-state index contributed by atoms with van der Waals surface area (Å²) in [4.78, 5) is 0. The number of rotatable bonds is 1. The molecule has 0 spiro atoms. The molecule has 3 aromatic carbocycles.